The lowest BCUT2D eigenvalue weighted by atomic mass is 10.7. The Morgan fingerprint density at radius 3 is 2.00 bits per heavy atom. The molecule has 0 amide bonds. The first kappa shape index (κ1) is 5.94. The molecule has 1 aromatic rings. The maximum atomic E-state index is 12.1. The number of hydrogen-bond donors (Lipinski definition) is 0. The van der Waals surface area contributed by atoms with E-state index in [1.807, 2.05) is 0 Å². The molecular weight excluding hydrogens is 128 g/mol. The van der Waals surface area contributed by atoms with E-state index in [0.717, 1.165) is 12.1 Å². The van der Waals surface area contributed by atoms with Crippen LogP contribution in [0.4, 0.5) is 8.78 Å². The zero-order valence-corrected chi connectivity index (χ0v) is 4.34. The van der Waals surface area contributed by atoms with Gasteiger partial charge in [-0.1, -0.05) is 0 Å². The Morgan fingerprint density at radius 2 is 1.78 bits per heavy atom. The Labute approximate surface area is 49.7 Å². The maximum absolute atomic E-state index is 12.1. The lowest BCUT2D eigenvalue weighted by molar-refractivity contribution is 0.472. The van der Waals surface area contributed by atoms with Crippen molar-refractivity contribution < 1.29 is 13.6 Å². The molecule has 4 heteroatoms. The molecule has 0 aliphatic rings. The number of carbonyl (C=O) groups excluding carboxylic acids is 1. The number of rotatable bonds is 1. The SMILES string of the molecule is O=Cn1c(F)ccc1F. The van der Waals surface area contributed by atoms with Gasteiger partial charge < -0.3 is 0 Å². The minimum absolute atomic E-state index is 0.0741. The van der Waals surface area contributed by atoms with Crippen molar-refractivity contribution in [3.63, 3.8) is 0 Å². The van der Waals surface area contributed by atoms with Crippen LogP contribution in [0.25, 0.3) is 0 Å². The van der Waals surface area contributed by atoms with Crippen molar-refractivity contribution in [3.8, 4) is 0 Å². The van der Waals surface area contributed by atoms with Crippen LogP contribution >= 0.6 is 0 Å². The van der Waals surface area contributed by atoms with Gasteiger partial charge in [0.15, 0.2) is 0 Å². The average molecular weight is 131 g/mol. The Morgan fingerprint density at radius 1 is 1.33 bits per heavy atom. The van der Waals surface area contributed by atoms with Crippen molar-refractivity contribution in [2.75, 3.05) is 0 Å². The molecular formula is C5H3F2NO. The van der Waals surface area contributed by atoms with Crippen molar-refractivity contribution in [1.29, 1.82) is 0 Å². The number of nitrogens with zero attached hydrogens (tertiary/aromatic N) is 1. The molecule has 0 bridgehead atoms. The molecule has 48 valence electrons. The molecule has 9 heavy (non-hydrogen) atoms. The Bertz CT molecular complexity index is 211. The second-order valence-corrected chi connectivity index (χ2v) is 1.45. The van der Waals surface area contributed by atoms with Crippen LogP contribution in [-0.2, 0) is 4.79 Å². The Kier molecular flexibility index (Phi) is 1.30. The van der Waals surface area contributed by atoms with E-state index in [-0.39, 0.29) is 11.0 Å². The van der Waals surface area contributed by atoms with Gasteiger partial charge in [-0.15, -0.1) is 0 Å². The fourth-order valence-electron chi connectivity index (χ4n) is 0.501. The van der Waals surface area contributed by atoms with Crippen LogP contribution in [0.3, 0.4) is 0 Å². The van der Waals surface area contributed by atoms with Gasteiger partial charge >= 0.3 is 0 Å². The van der Waals surface area contributed by atoms with Gasteiger partial charge in [0.2, 0.25) is 18.3 Å². The Balaban J connectivity index is 3.22. The fraction of sp³-hybridized carbons (Fsp3) is 0. The fourth-order valence-corrected chi connectivity index (χ4v) is 0.501. The average Bonchev–Trinajstić information content (AvgIpc) is 2.12. The zero-order chi connectivity index (χ0) is 6.85. The topological polar surface area (TPSA) is 22.0 Å². The molecule has 0 saturated carbocycles. The predicted octanol–water partition coefficient (Wildman–Crippen LogP) is 0.805. The van der Waals surface area contributed by atoms with E-state index >= 15 is 0 Å². The van der Waals surface area contributed by atoms with Crippen LogP contribution in [0, 0.1) is 11.9 Å². The Hall–Kier alpha value is -1.19. The largest absolute Gasteiger partial charge is 0.278 e. The first-order valence-corrected chi connectivity index (χ1v) is 2.23. The molecule has 0 aliphatic heterocycles. The highest BCUT2D eigenvalue weighted by Crippen LogP contribution is 2.01. The molecule has 0 spiro atoms. The summed E-state index contributed by atoms with van der Waals surface area (Å²) in [6.45, 7) is 0. The van der Waals surface area contributed by atoms with E-state index in [4.69, 9.17) is 0 Å². The molecule has 1 aromatic heterocycles. The lowest BCUT2D eigenvalue weighted by Crippen LogP contribution is -1.99. The van der Waals surface area contributed by atoms with E-state index in [9.17, 15) is 13.6 Å². The van der Waals surface area contributed by atoms with Gasteiger partial charge in [-0.3, -0.25) is 4.79 Å². The van der Waals surface area contributed by atoms with Crippen LogP contribution in [0.2, 0.25) is 0 Å². The molecule has 0 unspecified atom stereocenters. The predicted molar refractivity (Wildman–Crippen MR) is 26.5 cm³/mol. The summed E-state index contributed by atoms with van der Waals surface area (Å²) in [5, 5.41) is 0. The van der Waals surface area contributed by atoms with Crippen LogP contribution in [-0.4, -0.2) is 11.0 Å². The standard InChI is InChI=1S/C5H3F2NO/c6-4-1-2-5(7)8(4)3-9/h1-3H. The zero-order valence-electron chi connectivity index (χ0n) is 4.34. The second kappa shape index (κ2) is 1.97. The van der Waals surface area contributed by atoms with Crippen molar-refractivity contribution in [2.45, 2.75) is 0 Å². The van der Waals surface area contributed by atoms with Gasteiger partial charge in [0.25, 0.3) is 0 Å². The van der Waals surface area contributed by atoms with Crippen LogP contribution < -0.4 is 0 Å². The van der Waals surface area contributed by atoms with Crippen molar-refractivity contribution in [1.82, 2.24) is 4.57 Å². The van der Waals surface area contributed by atoms with E-state index in [2.05, 4.69) is 0 Å². The first-order valence-electron chi connectivity index (χ1n) is 2.23. The van der Waals surface area contributed by atoms with Crippen LogP contribution in [0.15, 0.2) is 12.1 Å². The third kappa shape index (κ3) is 0.826. The summed E-state index contributed by atoms with van der Waals surface area (Å²) in [6.07, 6.45) is 0.0741. The quantitative estimate of drug-likeness (QED) is 0.517. The van der Waals surface area contributed by atoms with Gasteiger partial charge in [-0.05, 0) is 12.1 Å². The molecule has 0 radical (unpaired) electrons. The van der Waals surface area contributed by atoms with E-state index in [1.54, 1.807) is 0 Å². The van der Waals surface area contributed by atoms with E-state index in [0.29, 0.717) is 0 Å². The van der Waals surface area contributed by atoms with E-state index in [1.165, 1.54) is 0 Å². The van der Waals surface area contributed by atoms with Gasteiger partial charge in [-0.2, -0.15) is 8.78 Å². The summed E-state index contributed by atoms with van der Waals surface area (Å²) in [4.78, 5) is 9.79. The van der Waals surface area contributed by atoms with Crippen molar-refractivity contribution >= 4 is 6.41 Å². The third-order valence-corrected chi connectivity index (χ3v) is 0.924. The summed E-state index contributed by atoms with van der Waals surface area (Å²) < 4.78 is 24.5. The summed E-state index contributed by atoms with van der Waals surface area (Å²) in [6, 6.07) is 1.76. The van der Waals surface area contributed by atoms with Crippen molar-refractivity contribution in [2.24, 2.45) is 0 Å². The molecule has 0 saturated heterocycles. The van der Waals surface area contributed by atoms with Crippen molar-refractivity contribution in [3.05, 3.63) is 24.0 Å². The minimum Gasteiger partial charge on any atom is -0.278 e. The van der Waals surface area contributed by atoms with Gasteiger partial charge in [0.05, 0.1) is 0 Å². The normalized spacial score (nSPS) is 9.56. The summed E-state index contributed by atoms with van der Waals surface area (Å²) in [5.41, 5.74) is 0. The summed E-state index contributed by atoms with van der Waals surface area (Å²) in [7, 11) is 0. The molecule has 0 fully saturated rings. The highest BCUT2D eigenvalue weighted by Gasteiger charge is 2.03. The third-order valence-electron chi connectivity index (χ3n) is 0.924. The molecule has 0 aliphatic carbocycles. The molecule has 2 nitrogen and oxygen atoms in total. The smallest absolute Gasteiger partial charge is 0.222 e. The molecule has 0 aromatic carbocycles. The summed E-state index contributed by atoms with van der Waals surface area (Å²) in [5.74, 6) is -1.77. The van der Waals surface area contributed by atoms with Gasteiger partial charge in [0.1, 0.15) is 0 Å². The van der Waals surface area contributed by atoms with Gasteiger partial charge in [-0.25, -0.2) is 4.57 Å². The molecule has 0 atom stereocenters. The molecule has 1 heterocycles. The number of aromatic nitrogens is 1. The number of carbonyl (C=O) groups is 1. The molecule has 0 N–H and O–H groups in total. The highest BCUT2D eigenvalue weighted by atomic mass is 19.1. The van der Waals surface area contributed by atoms with Gasteiger partial charge in [0, 0.05) is 0 Å². The second-order valence-electron chi connectivity index (χ2n) is 1.45. The van der Waals surface area contributed by atoms with E-state index < -0.39 is 11.9 Å². The number of hydrogen-bond acceptors (Lipinski definition) is 1. The lowest BCUT2D eigenvalue weighted by Gasteiger charge is -1.87. The minimum atomic E-state index is -0.887. The highest BCUT2D eigenvalue weighted by molar-refractivity contribution is 5.52. The summed E-state index contributed by atoms with van der Waals surface area (Å²) >= 11 is 0. The van der Waals surface area contributed by atoms with Crippen LogP contribution in [0.1, 0.15) is 0 Å². The maximum Gasteiger partial charge on any atom is 0.222 e. The molecule has 1 rings (SSSR count). The number of halogens is 2. The van der Waals surface area contributed by atoms with Crippen LogP contribution in [0.5, 0.6) is 0 Å². The monoisotopic (exact) mass is 131 g/mol. The first-order chi connectivity index (χ1) is 4.25.